The number of pyridine rings is 1. The number of carbonyl (C=O) groups excluding carboxylic acids is 1. The molecule has 0 saturated carbocycles. The van der Waals surface area contributed by atoms with Gasteiger partial charge in [0.05, 0.1) is 6.04 Å². The van der Waals surface area contributed by atoms with E-state index in [1.807, 2.05) is 6.92 Å². The number of amides is 1. The van der Waals surface area contributed by atoms with E-state index in [0.717, 1.165) is 12.0 Å². The average Bonchev–Trinajstić information content (AvgIpc) is 2.28. The molecule has 0 fully saturated rings. The smallest absolute Gasteiger partial charge is 0.247 e. The highest BCUT2D eigenvalue weighted by atomic mass is 35.5. The predicted octanol–water partition coefficient (Wildman–Crippen LogP) is 0.962. The molecule has 0 aliphatic heterocycles. The molecule has 4 N–H and O–H groups in total. The Balaban J connectivity index is 0. The Labute approximate surface area is 118 Å². The van der Waals surface area contributed by atoms with Gasteiger partial charge < -0.3 is 16.0 Å². The van der Waals surface area contributed by atoms with Crippen LogP contribution in [0.15, 0.2) is 23.1 Å². The number of aromatic amines is 1. The fourth-order valence-corrected chi connectivity index (χ4v) is 1.32. The molecule has 0 aromatic carbocycles. The second kappa shape index (κ2) is 9.94. The molecule has 1 aromatic heterocycles. The SMILES string of the molecule is CCCC(N)C(=O)NCc1ccc(=O)[nH]c1.Cl.Cl. The maximum Gasteiger partial charge on any atom is 0.247 e. The maximum atomic E-state index is 11.5. The van der Waals surface area contributed by atoms with Crippen molar-refractivity contribution in [2.45, 2.75) is 32.4 Å². The molecule has 1 amide bonds. The minimum Gasteiger partial charge on any atom is -0.351 e. The van der Waals surface area contributed by atoms with Gasteiger partial charge in [-0.25, -0.2) is 0 Å². The van der Waals surface area contributed by atoms with E-state index >= 15 is 0 Å². The van der Waals surface area contributed by atoms with E-state index in [2.05, 4.69) is 10.3 Å². The van der Waals surface area contributed by atoms with Gasteiger partial charge in [0.2, 0.25) is 11.5 Å². The van der Waals surface area contributed by atoms with Crippen LogP contribution < -0.4 is 16.6 Å². The summed E-state index contributed by atoms with van der Waals surface area (Å²) in [4.78, 5) is 24.8. The zero-order valence-corrected chi connectivity index (χ0v) is 11.8. The third-order valence-corrected chi connectivity index (χ3v) is 2.25. The van der Waals surface area contributed by atoms with Gasteiger partial charge in [-0.05, 0) is 12.0 Å². The lowest BCUT2D eigenvalue weighted by Gasteiger charge is -2.10. The van der Waals surface area contributed by atoms with E-state index in [1.165, 1.54) is 6.07 Å². The molecule has 1 heterocycles. The van der Waals surface area contributed by atoms with Crippen molar-refractivity contribution in [1.82, 2.24) is 10.3 Å². The van der Waals surface area contributed by atoms with Crippen LogP contribution in [0.25, 0.3) is 0 Å². The highest BCUT2D eigenvalue weighted by Crippen LogP contribution is 1.95. The molecular formula is C11H19Cl2N3O2. The summed E-state index contributed by atoms with van der Waals surface area (Å²) in [5, 5.41) is 2.72. The summed E-state index contributed by atoms with van der Waals surface area (Å²) >= 11 is 0. The summed E-state index contributed by atoms with van der Waals surface area (Å²) in [5.74, 6) is -0.159. The lowest BCUT2D eigenvalue weighted by Crippen LogP contribution is -2.40. The molecule has 1 atom stereocenters. The molecule has 1 rings (SSSR count). The molecule has 18 heavy (non-hydrogen) atoms. The number of hydrogen-bond acceptors (Lipinski definition) is 3. The molecule has 0 aliphatic carbocycles. The molecule has 7 heteroatoms. The van der Waals surface area contributed by atoms with Crippen molar-refractivity contribution >= 4 is 30.7 Å². The summed E-state index contributed by atoms with van der Waals surface area (Å²) in [7, 11) is 0. The van der Waals surface area contributed by atoms with Crippen LogP contribution in [0.2, 0.25) is 0 Å². The summed E-state index contributed by atoms with van der Waals surface area (Å²) in [6, 6.07) is 2.64. The first-order valence-corrected chi connectivity index (χ1v) is 5.34. The maximum absolute atomic E-state index is 11.5. The van der Waals surface area contributed by atoms with Gasteiger partial charge in [0.1, 0.15) is 0 Å². The number of rotatable bonds is 5. The highest BCUT2D eigenvalue weighted by molar-refractivity contribution is 5.85. The molecule has 1 aromatic rings. The van der Waals surface area contributed by atoms with Crippen molar-refractivity contribution in [3.8, 4) is 0 Å². The Hall–Kier alpha value is -1.04. The van der Waals surface area contributed by atoms with Gasteiger partial charge in [0, 0.05) is 18.8 Å². The Morgan fingerprint density at radius 1 is 1.44 bits per heavy atom. The van der Waals surface area contributed by atoms with Crippen LogP contribution in [0.1, 0.15) is 25.3 Å². The second-order valence-electron chi connectivity index (χ2n) is 3.67. The fraction of sp³-hybridized carbons (Fsp3) is 0.455. The summed E-state index contributed by atoms with van der Waals surface area (Å²) in [6.45, 7) is 2.36. The molecule has 104 valence electrons. The van der Waals surface area contributed by atoms with E-state index in [0.29, 0.717) is 13.0 Å². The molecule has 0 aliphatic rings. The Kier molecular flexibility index (Phi) is 10.7. The van der Waals surface area contributed by atoms with Crippen molar-refractivity contribution < 1.29 is 4.79 Å². The second-order valence-corrected chi connectivity index (χ2v) is 3.67. The van der Waals surface area contributed by atoms with Gasteiger partial charge in [-0.2, -0.15) is 0 Å². The van der Waals surface area contributed by atoms with Gasteiger partial charge in [-0.1, -0.05) is 19.4 Å². The van der Waals surface area contributed by atoms with E-state index in [4.69, 9.17) is 5.73 Å². The lowest BCUT2D eigenvalue weighted by molar-refractivity contribution is -0.122. The standard InChI is InChI=1S/C11H17N3O2.2ClH/c1-2-3-9(12)11(16)14-7-8-4-5-10(15)13-6-8;;/h4-6,9H,2-3,7,12H2,1H3,(H,13,15)(H,14,16);2*1H. The fourth-order valence-electron chi connectivity index (χ4n) is 1.32. The summed E-state index contributed by atoms with van der Waals surface area (Å²) < 4.78 is 0. The van der Waals surface area contributed by atoms with Crippen molar-refractivity contribution in [3.05, 3.63) is 34.2 Å². The predicted molar refractivity (Wildman–Crippen MR) is 76.3 cm³/mol. The lowest BCUT2D eigenvalue weighted by atomic mass is 10.1. The summed E-state index contributed by atoms with van der Waals surface area (Å²) in [5.41, 5.74) is 6.34. The van der Waals surface area contributed by atoms with Crippen LogP contribution in [0, 0.1) is 0 Å². The third kappa shape index (κ3) is 6.64. The molecule has 5 nitrogen and oxygen atoms in total. The zero-order chi connectivity index (χ0) is 12.0. The van der Waals surface area contributed by atoms with Crippen LogP contribution in [0.5, 0.6) is 0 Å². The Morgan fingerprint density at radius 3 is 2.61 bits per heavy atom. The van der Waals surface area contributed by atoms with Crippen molar-refractivity contribution in [1.29, 1.82) is 0 Å². The van der Waals surface area contributed by atoms with Gasteiger partial charge >= 0.3 is 0 Å². The molecule has 0 bridgehead atoms. The first kappa shape index (κ1) is 19.3. The molecule has 0 spiro atoms. The normalized spacial score (nSPS) is 10.8. The number of hydrogen-bond donors (Lipinski definition) is 3. The monoisotopic (exact) mass is 295 g/mol. The Bertz CT molecular complexity index is 389. The van der Waals surface area contributed by atoms with Gasteiger partial charge in [0.15, 0.2) is 0 Å². The van der Waals surface area contributed by atoms with Crippen molar-refractivity contribution in [3.63, 3.8) is 0 Å². The zero-order valence-electron chi connectivity index (χ0n) is 10.1. The van der Waals surface area contributed by atoms with E-state index < -0.39 is 6.04 Å². The minimum absolute atomic E-state index is 0. The largest absolute Gasteiger partial charge is 0.351 e. The topological polar surface area (TPSA) is 88.0 Å². The van der Waals surface area contributed by atoms with E-state index in [9.17, 15) is 9.59 Å². The number of nitrogens with one attached hydrogen (secondary N) is 2. The van der Waals surface area contributed by atoms with Crippen LogP contribution in [0.3, 0.4) is 0 Å². The van der Waals surface area contributed by atoms with Gasteiger partial charge in [-0.3, -0.25) is 9.59 Å². The quantitative estimate of drug-likeness (QED) is 0.756. The minimum atomic E-state index is -0.451. The highest BCUT2D eigenvalue weighted by Gasteiger charge is 2.11. The summed E-state index contributed by atoms with van der Waals surface area (Å²) in [6.07, 6.45) is 3.14. The van der Waals surface area contributed by atoms with Crippen LogP contribution in [-0.4, -0.2) is 16.9 Å². The Morgan fingerprint density at radius 2 is 2.11 bits per heavy atom. The third-order valence-electron chi connectivity index (χ3n) is 2.25. The molecule has 1 unspecified atom stereocenters. The molecule has 0 radical (unpaired) electrons. The number of halogens is 2. The average molecular weight is 296 g/mol. The van der Waals surface area contributed by atoms with E-state index in [1.54, 1.807) is 12.3 Å². The van der Waals surface area contributed by atoms with E-state index in [-0.39, 0.29) is 36.3 Å². The number of aromatic nitrogens is 1. The van der Waals surface area contributed by atoms with Crippen molar-refractivity contribution in [2.75, 3.05) is 0 Å². The number of H-pyrrole nitrogens is 1. The van der Waals surface area contributed by atoms with Crippen LogP contribution >= 0.6 is 24.8 Å². The first-order valence-electron chi connectivity index (χ1n) is 5.34. The number of nitrogens with two attached hydrogens (primary N) is 1. The van der Waals surface area contributed by atoms with Crippen LogP contribution in [0.4, 0.5) is 0 Å². The number of carbonyl (C=O) groups is 1. The first-order chi connectivity index (χ1) is 7.63. The molecular weight excluding hydrogens is 277 g/mol. The van der Waals surface area contributed by atoms with Gasteiger partial charge in [-0.15, -0.1) is 24.8 Å². The van der Waals surface area contributed by atoms with Gasteiger partial charge in [0.25, 0.3) is 0 Å². The molecule has 0 saturated heterocycles. The van der Waals surface area contributed by atoms with Crippen LogP contribution in [-0.2, 0) is 11.3 Å². The van der Waals surface area contributed by atoms with Crippen molar-refractivity contribution in [2.24, 2.45) is 5.73 Å².